The summed E-state index contributed by atoms with van der Waals surface area (Å²) in [4.78, 5) is 36.4. The van der Waals surface area contributed by atoms with Crippen molar-refractivity contribution in [1.29, 1.82) is 0 Å². The van der Waals surface area contributed by atoms with E-state index in [1.165, 1.54) is 0 Å². The third-order valence-corrected chi connectivity index (χ3v) is 5.53. The highest BCUT2D eigenvalue weighted by molar-refractivity contribution is 5.90. The van der Waals surface area contributed by atoms with Crippen molar-refractivity contribution >= 4 is 18.0 Å². The lowest BCUT2D eigenvalue weighted by Gasteiger charge is -2.31. The number of carbonyl (C=O) groups excluding carboxylic acids is 2. The largest absolute Gasteiger partial charge is 0.480 e. The molecule has 0 fully saturated rings. The first-order valence-corrected chi connectivity index (χ1v) is 10.4. The van der Waals surface area contributed by atoms with E-state index in [0.717, 1.165) is 22.3 Å². The van der Waals surface area contributed by atoms with Gasteiger partial charge < -0.3 is 25.6 Å². The molecule has 0 saturated carbocycles. The Labute approximate surface area is 186 Å². The Hall–Kier alpha value is -3.39. The summed E-state index contributed by atoms with van der Waals surface area (Å²) in [6.45, 7) is 4.52. The fourth-order valence-corrected chi connectivity index (χ4v) is 3.87. The molecule has 8 heteroatoms. The molecule has 170 valence electrons. The monoisotopic (exact) mass is 440 g/mol. The maximum atomic E-state index is 12.6. The number of aliphatic hydroxyl groups is 1. The number of carboxylic acid groups (broad SMARTS) is 1. The number of carboxylic acids is 1. The van der Waals surface area contributed by atoms with Gasteiger partial charge in [-0.1, -0.05) is 69.3 Å². The minimum Gasteiger partial charge on any atom is -0.480 e. The topological polar surface area (TPSA) is 125 Å². The van der Waals surface area contributed by atoms with E-state index in [2.05, 4.69) is 10.6 Å². The number of ether oxygens (including phenoxy) is 1. The Balaban J connectivity index is 1.70. The van der Waals surface area contributed by atoms with Crippen LogP contribution in [0.2, 0.25) is 0 Å². The van der Waals surface area contributed by atoms with Gasteiger partial charge in [0.1, 0.15) is 18.7 Å². The number of carbonyl (C=O) groups is 3. The van der Waals surface area contributed by atoms with E-state index in [1.807, 2.05) is 48.5 Å². The SMILES string of the molecule is CC(C)(C)C(NC(=O)OCC1c2ccccc2-c2ccccc21)C(=O)N[C@@H](CO)C(=O)O. The molecule has 1 aliphatic rings. The second kappa shape index (κ2) is 9.40. The van der Waals surface area contributed by atoms with Crippen molar-refractivity contribution in [2.45, 2.75) is 38.8 Å². The molecule has 3 rings (SSSR count). The molecule has 8 nitrogen and oxygen atoms in total. The van der Waals surface area contributed by atoms with E-state index >= 15 is 0 Å². The first-order valence-electron chi connectivity index (χ1n) is 10.4. The third kappa shape index (κ3) is 4.91. The first kappa shape index (κ1) is 23.3. The van der Waals surface area contributed by atoms with Crippen LogP contribution >= 0.6 is 0 Å². The maximum Gasteiger partial charge on any atom is 0.407 e. The lowest BCUT2D eigenvalue weighted by molar-refractivity contribution is -0.143. The minimum absolute atomic E-state index is 0.0900. The maximum absolute atomic E-state index is 12.6. The lowest BCUT2D eigenvalue weighted by Crippen LogP contribution is -2.57. The number of benzene rings is 2. The minimum atomic E-state index is -1.46. The Morgan fingerprint density at radius 1 is 0.969 bits per heavy atom. The van der Waals surface area contributed by atoms with Crippen LogP contribution in [0.3, 0.4) is 0 Å². The van der Waals surface area contributed by atoms with E-state index in [4.69, 9.17) is 14.9 Å². The van der Waals surface area contributed by atoms with E-state index in [-0.39, 0.29) is 12.5 Å². The van der Waals surface area contributed by atoms with Gasteiger partial charge in [0, 0.05) is 5.92 Å². The van der Waals surface area contributed by atoms with Crippen LogP contribution in [0.5, 0.6) is 0 Å². The van der Waals surface area contributed by atoms with Gasteiger partial charge in [0.2, 0.25) is 5.91 Å². The highest BCUT2D eigenvalue weighted by Gasteiger charge is 2.36. The molecule has 0 spiro atoms. The zero-order chi connectivity index (χ0) is 23.5. The molecule has 1 aliphatic carbocycles. The molecule has 2 amide bonds. The molecular formula is C24H28N2O6. The van der Waals surface area contributed by atoms with Crippen LogP contribution in [0.25, 0.3) is 11.1 Å². The van der Waals surface area contributed by atoms with E-state index in [9.17, 15) is 14.4 Å². The fourth-order valence-electron chi connectivity index (χ4n) is 3.87. The molecule has 1 unspecified atom stereocenters. The molecule has 2 aromatic carbocycles. The van der Waals surface area contributed by atoms with Crippen LogP contribution in [0, 0.1) is 5.41 Å². The average molecular weight is 440 g/mol. The van der Waals surface area contributed by atoms with E-state index in [0.29, 0.717) is 0 Å². The van der Waals surface area contributed by atoms with E-state index < -0.39 is 42.1 Å². The van der Waals surface area contributed by atoms with Crippen LogP contribution in [-0.4, -0.2) is 53.5 Å². The number of aliphatic carboxylic acids is 1. The van der Waals surface area contributed by atoms with E-state index in [1.54, 1.807) is 20.8 Å². The van der Waals surface area contributed by atoms with Gasteiger partial charge in [-0.2, -0.15) is 0 Å². The summed E-state index contributed by atoms with van der Waals surface area (Å²) in [5.74, 6) is -2.21. The Morgan fingerprint density at radius 2 is 1.50 bits per heavy atom. The number of aliphatic hydroxyl groups excluding tert-OH is 1. The first-order chi connectivity index (χ1) is 15.1. The number of rotatable bonds is 7. The number of hydrogen-bond donors (Lipinski definition) is 4. The van der Waals surface area contributed by atoms with Gasteiger partial charge in [0.25, 0.3) is 0 Å². The Kier molecular flexibility index (Phi) is 6.84. The van der Waals surface area contributed by atoms with Gasteiger partial charge in [-0.05, 0) is 27.7 Å². The zero-order valence-corrected chi connectivity index (χ0v) is 18.3. The average Bonchev–Trinajstić information content (AvgIpc) is 3.07. The van der Waals surface area contributed by atoms with Crippen molar-refractivity contribution in [2.24, 2.45) is 5.41 Å². The third-order valence-electron chi connectivity index (χ3n) is 5.53. The summed E-state index contributed by atoms with van der Waals surface area (Å²) in [5.41, 5.74) is 3.62. The predicted octanol–water partition coefficient (Wildman–Crippen LogP) is 2.50. The number of fused-ring (bicyclic) bond motifs is 3. The number of alkyl carbamates (subject to hydrolysis) is 1. The Morgan fingerprint density at radius 3 is 1.97 bits per heavy atom. The molecule has 0 radical (unpaired) electrons. The quantitative estimate of drug-likeness (QED) is 0.524. The van der Waals surface area contributed by atoms with Crippen LogP contribution < -0.4 is 10.6 Å². The summed E-state index contributed by atoms with van der Waals surface area (Å²) in [6, 6.07) is 13.4. The molecule has 0 aromatic heterocycles. The van der Waals surface area contributed by atoms with Crippen molar-refractivity contribution in [3.8, 4) is 11.1 Å². The number of nitrogens with one attached hydrogen (secondary N) is 2. The summed E-state index contributed by atoms with van der Waals surface area (Å²) in [6.07, 6.45) is -0.780. The zero-order valence-electron chi connectivity index (χ0n) is 18.3. The van der Waals surface area contributed by atoms with Crippen LogP contribution in [-0.2, 0) is 14.3 Å². The van der Waals surface area contributed by atoms with Gasteiger partial charge in [0.15, 0.2) is 0 Å². The second-order valence-electron chi connectivity index (χ2n) is 8.85. The van der Waals surface area contributed by atoms with Gasteiger partial charge in [-0.15, -0.1) is 0 Å². The van der Waals surface area contributed by atoms with Gasteiger partial charge in [0.05, 0.1) is 6.61 Å². The highest BCUT2D eigenvalue weighted by Crippen LogP contribution is 2.44. The molecule has 4 N–H and O–H groups in total. The van der Waals surface area contributed by atoms with Crippen LogP contribution in [0.4, 0.5) is 4.79 Å². The molecule has 2 atom stereocenters. The van der Waals surface area contributed by atoms with Crippen molar-refractivity contribution in [3.05, 3.63) is 59.7 Å². The summed E-state index contributed by atoms with van der Waals surface area (Å²) < 4.78 is 5.50. The number of amides is 2. The molecule has 32 heavy (non-hydrogen) atoms. The summed E-state index contributed by atoms with van der Waals surface area (Å²) >= 11 is 0. The highest BCUT2D eigenvalue weighted by atomic mass is 16.5. The number of hydrogen-bond acceptors (Lipinski definition) is 5. The van der Waals surface area contributed by atoms with Crippen molar-refractivity contribution in [2.75, 3.05) is 13.2 Å². The van der Waals surface area contributed by atoms with Gasteiger partial charge >= 0.3 is 12.1 Å². The molecule has 0 aliphatic heterocycles. The Bertz CT molecular complexity index is 968. The standard InChI is InChI=1S/C24H28N2O6/c1-24(2,3)20(21(28)25-19(12-27)22(29)30)26-23(31)32-13-18-16-10-6-4-8-14(16)15-9-5-7-11-17(15)18/h4-11,18-20,27H,12-13H2,1-3H3,(H,25,28)(H,26,31)(H,29,30)/t19-,20?/m0/s1. The summed E-state index contributed by atoms with van der Waals surface area (Å²) in [5, 5.41) is 23.0. The van der Waals surface area contributed by atoms with Gasteiger partial charge in [-0.3, -0.25) is 4.79 Å². The smallest absolute Gasteiger partial charge is 0.407 e. The van der Waals surface area contributed by atoms with Gasteiger partial charge in [-0.25, -0.2) is 9.59 Å². The molecule has 0 saturated heterocycles. The summed E-state index contributed by atoms with van der Waals surface area (Å²) in [7, 11) is 0. The van der Waals surface area contributed by atoms with Crippen molar-refractivity contribution < 1.29 is 29.3 Å². The lowest BCUT2D eigenvalue weighted by atomic mass is 9.86. The van der Waals surface area contributed by atoms with Crippen LogP contribution in [0.15, 0.2) is 48.5 Å². The molecule has 0 bridgehead atoms. The second-order valence-corrected chi connectivity index (χ2v) is 8.85. The molecule has 0 heterocycles. The fraction of sp³-hybridized carbons (Fsp3) is 0.375. The predicted molar refractivity (Wildman–Crippen MR) is 118 cm³/mol. The van der Waals surface area contributed by atoms with Crippen molar-refractivity contribution in [3.63, 3.8) is 0 Å². The van der Waals surface area contributed by atoms with Crippen LogP contribution in [0.1, 0.15) is 37.8 Å². The molecule has 2 aromatic rings. The normalized spacial score (nSPS) is 14.6. The van der Waals surface area contributed by atoms with Crippen molar-refractivity contribution in [1.82, 2.24) is 10.6 Å². The molecular weight excluding hydrogens is 412 g/mol.